The highest BCUT2D eigenvalue weighted by atomic mass is 32.1. The van der Waals surface area contributed by atoms with Gasteiger partial charge in [0.2, 0.25) is 0 Å². The molecule has 1 aromatic heterocycles. The number of ether oxygens (including phenoxy) is 2. The average Bonchev–Trinajstić information content (AvgIpc) is 2.99. The second-order valence-corrected chi connectivity index (χ2v) is 5.59. The van der Waals surface area contributed by atoms with Crippen molar-refractivity contribution in [1.82, 2.24) is 10.3 Å². The van der Waals surface area contributed by atoms with Crippen LogP contribution in [0.4, 0.5) is 0 Å². The van der Waals surface area contributed by atoms with E-state index in [2.05, 4.69) is 23.3 Å². The number of thiazole rings is 1. The number of likely N-dealkylation sites (N-methyl/N-ethyl adjacent to an activating group) is 1. The minimum atomic E-state index is 0.197. The molecule has 1 aliphatic heterocycles. The van der Waals surface area contributed by atoms with Gasteiger partial charge >= 0.3 is 0 Å². The highest BCUT2D eigenvalue weighted by Crippen LogP contribution is 2.38. The summed E-state index contributed by atoms with van der Waals surface area (Å²) in [6.45, 7) is 4.25. The molecule has 1 N–H and O–H groups in total. The molecular formula is C15H18N2O2S. The molecule has 0 spiro atoms. The monoisotopic (exact) mass is 290 g/mol. The summed E-state index contributed by atoms with van der Waals surface area (Å²) in [5.74, 6) is 1.72. The van der Waals surface area contributed by atoms with E-state index >= 15 is 0 Å². The molecule has 1 aliphatic rings. The van der Waals surface area contributed by atoms with E-state index in [1.54, 1.807) is 11.3 Å². The summed E-state index contributed by atoms with van der Waals surface area (Å²) in [4.78, 5) is 4.38. The Kier molecular flexibility index (Phi) is 4.18. The number of rotatable bonds is 5. The molecule has 3 rings (SSSR count). The number of fused-ring (bicyclic) bond motifs is 1. The summed E-state index contributed by atoms with van der Waals surface area (Å²) in [7, 11) is 0. The number of hydrogen-bond acceptors (Lipinski definition) is 5. The van der Waals surface area contributed by atoms with Crippen LogP contribution in [0.5, 0.6) is 11.5 Å². The Hall–Kier alpha value is -1.59. The van der Waals surface area contributed by atoms with Crippen molar-refractivity contribution >= 4 is 11.3 Å². The number of hydrogen-bond donors (Lipinski definition) is 1. The third kappa shape index (κ3) is 2.78. The van der Waals surface area contributed by atoms with Crippen LogP contribution in [0.3, 0.4) is 0 Å². The summed E-state index contributed by atoms with van der Waals surface area (Å²) in [6, 6.07) is 6.29. The van der Waals surface area contributed by atoms with Gasteiger partial charge in [-0.2, -0.15) is 0 Å². The number of benzene rings is 1. The molecule has 2 heterocycles. The standard InChI is InChI=1S/C15H18N2O2S/c1-2-16-12(10-14-17-6-9-20-14)11-4-3-5-13-15(11)19-8-7-18-13/h3-6,9,12,16H,2,7-8,10H2,1H3. The summed E-state index contributed by atoms with van der Waals surface area (Å²) in [6.07, 6.45) is 2.72. The second-order valence-electron chi connectivity index (χ2n) is 4.61. The Morgan fingerprint density at radius 2 is 2.25 bits per heavy atom. The van der Waals surface area contributed by atoms with E-state index < -0.39 is 0 Å². The van der Waals surface area contributed by atoms with E-state index in [0.29, 0.717) is 13.2 Å². The lowest BCUT2D eigenvalue weighted by Gasteiger charge is -2.25. The maximum atomic E-state index is 5.82. The molecule has 20 heavy (non-hydrogen) atoms. The number of nitrogens with zero attached hydrogens (tertiary/aromatic N) is 1. The fourth-order valence-corrected chi connectivity index (χ4v) is 3.10. The van der Waals surface area contributed by atoms with Crippen molar-refractivity contribution in [2.24, 2.45) is 0 Å². The molecule has 0 aliphatic carbocycles. The zero-order chi connectivity index (χ0) is 13.8. The van der Waals surface area contributed by atoms with E-state index in [1.165, 1.54) is 0 Å². The first-order chi connectivity index (χ1) is 9.88. The molecule has 0 radical (unpaired) electrons. The minimum Gasteiger partial charge on any atom is -0.486 e. The van der Waals surface area contributed by atoms with Crippen LogP contribution in [-0.2, 0) is 6.42 Å². The second kappa shape index (κ2) is 6.24. The zero-order valence-corrected chi connectivity index (χ0v) is 12.3. The first kappa shape index (κ1) is 13.4. The van der Waals surface area contributed by atoms with Gasteiger partial charge in [0.05, 0.1) is 5.01 Å². The normalized spacial score (nSPS) is 15.1. The lowest BCUT2D eigenvalue weighted by atomic mass is 10.0. The molecule has 0 fully saturated rings. The summed E-state index contributed by atoms with van der Waals surface area (Å²) < 4.78 is 11.5. The van der Waals surface area contributed by atoms with Crippen molar-refractivity contribution in [2.75, 3.05) is 19.8 Å². The van der Waals surface area contributed by atoms with E-state index in [9.17, 15) is 0 Å². The Balaban J connectivity index is 1.90. The number of para-hydroxylation sites is 1. The molecule has 5 heteroatoms. The Morgan fingerprint density at radius 3 is 3.05 bits per heavy atom. The van der Waals surface area contributed by atoms with Crippen molar-refractivity contribution in [2.45, 2.75) is 19.4 Å². The number of aromatic nitrogens is 1. The van der Waals surface area contributed by atoms with Gasteiger partial charge in [-0.25, -0.2) is 4.98 Å². The Morgan fingerprint density at radius 1 is 1.35 bits per heavy atom. The van der Waals surface area contributed by atoms with E-state index in [4.69, 9.17) is 9.47 Å². The summed E-state index contributed by atoms with van der Waals surface area (Å²) in [5.41, 5.74) is 1.15. The molecule has 0 saturated heterocycles. The van der Waals surface area contributed by atoms with Crippen LogP contribution < -0.4 is 14.8 Å². The lowest BCUT2D eigenvalue weighted by molar-refractivity contribution is 0.168. The average molecular weight is 290 g/mol. The van der Waals surface area contributed by atoms with Gasteiger partial charge in [0, 0.05) is 29.6 Å². The molecule has 1 atom stereocenters. The summed E-state index contributed by atoms with van der Waals surface area (Å²) >= 11 is 1.69. The predicted molar refractivity (Wildman–Crippen MR) is 79.7 cm³/mol. The molecular weight excluding hydrogens is 272 g/mol. The third-order valence-corrected chi connectivity index (χ3v) is 4.09. The Labute approximate surface area is 122 Å². The first-order valence-electron chi connectivity index (χ1n) is 6.88. The van der Waals surface area contributed by atoms with Crippen molar-refractivity contribution in [3.05, 3.63) is 40.3 Å². The van der Waals surface area contributed by atoms with Crippen LogP contribution in [0.15, 0.2) is 29.8 Å². The van der Waals surface area contributed by atoms with Crippen molar-refractivity contribution in [3.8, 4) is 11.5 Å². The van der Waals surface area contributed by atoms with Crippen LogP contribution in [0.25, 0.3) is 0 Å². The molecule has 106 valence electrons. The van der Waals surface area contributed by atoms with Gasteiger partial charge in [0.15, 0.2) is 11.5 Å². The maximum absolute atomic E-state index is 5.82. The van der Waals surface area contributed by atoms with Crippen LogP contribution in [0, 0.1) is 0 Å². The maximum Gasteiger partial charge on any atom is 0.166 e. The van der Waals surface area contributed by atoms with Gasteiger partial charge in [0.1, 0.15) is 13.2 Å². The van der Waals surface area contributed by atoms with E-state index in [1.807, 2.05) is 23.7 Å². The van der Waals surface area contributed by atoms with Gasteiger partial charge in [-0.05, 0) is 12.6 Å². The highest BCUT2D eigenvalue weighted by Gasteiger charge is 2.22. The molecule has 0 saturated carbocycles. The van der Waals surface area contributed by atoms with Gasteiger partial charge in [-0.3, -0.25) is 0 Å². The third-order valence-electron chi connectivity index (χ3n) is 3.28. The fraction of sp³-hybridized carbons (Fsp3) is 0.400. The minimum absolute atomic E-state index is 0.197. The Bertz CT molecular complexity index is 557. The molecule has 1 unspecified atom stereocenters. The van der Waals surface area contributed by atoms with E-state index in [0.717, 1.165) is 35.0 Å². The molecule has 0 amide bonds. The number of nitrogens with one attached hydrogen (secondary N) is 1. The SMILES string of the molecule is CCNC(Cc1nccs1)c1cccc2c1OCCO2. The molecule has 0 bridgehead atoms. The van der Waals surface area contributed by atoms with Crippen LogP contribution in [0.2, 0.25) is 0 Å². The fourth-order valence-electron chi connectivity index (χ4n) is 2.44. The van der Waals surface area contributed by atoms with Crippen LogP contribution in [-0.4, -0.2) is 24.7 Å². The van der Waals surface area contributed by atoms with Gasteiger partial charge in [-0.15, -0.1) is 11.3 Å². The largest absolute Gasteiger partial charge is 0.486 e. The van der Waals surface area contributed by atoms with Gasteiger partial charge < -0.3 is 14.8 Å². The molecule has 4 nitrogen and oxygen atoms in total. The summed E-state index contributed by atoms with van der Waals surface area (Å²) in [5, 5.41) is 6.66. The van der Waals surface area contributed by atoms with Gasteiger partial charge in [0.25, 0.3) is 0 Å². The molecule has 2 aromatic rings. The smallest absolute Gasteiger partial charge is 0.166 e. The lowest BCUT2D eigenvalue weighted by Crippen LogP contribution is -2.25. The predicted octanol–water partition coefficient (Wildman–Crippen LogP) is 2.81. The van der Waals surface area contributed by atoms with E-state index in [-0.39, 0.29) is 6.04 Å². The molecule has 1 aromatic carbocycles. The quantitative estimate of drug-likeness (QED) is 0.919. The first-order valence-corrected chi connectivity index (χ1v) is 7.76. The topological polar surface area (TPSA) is 43.4 Å². The van der Waals surface area contributed by atoms with Crippen LogP contribution in [0.1, 0.15) is 23.5 Å². The van der Waals surface area contributed by atoms with Gasteiger partial charge in [-0.1, -0.05) is 19.1 Å². The van der Waals surface area contributed by atoms with Crippen molar-refractivity contribution < 1.29 is 9.47 Å². The zero-order valence-electron chi connectivity index (χ0n) is 11.5. The highest BCUT2D eigenvalue weighted by molar-refractivity contribution is 7.09. The van der Waals surface area contributed by atoms with Crippen LogP contribution >= 0.6 is 11.3 Å². The van der Waals surface area contributed by atoms with Crippen molar-refractivity contribution in [1.29, 1.82) is 0 Å². The van der Waals surface area contributed by atoms with Crippen molar-refractivity contribution in [3.63, 3.8) is 0 Å².